The lowest BCUT2D eigenvalue weighted by Gasteiger charge is -2.43. The van der Waals surface area contributed by atoms with E-state index in [0.717, 1.165) is 19.0 Å². The maximum atomic E-state index is 10.4. The van der Waals surface area contributed by atoms with Crippen LogP contribution in [0.4, 0.5) is 0 Å². The molecule has 3 heteroatoms. The van der Waals surface area contributed by atoms with Gasteiger partial charge in [-0.2, -0.15) is 0 Å². The quantitative estimate of drug-likeness (QED) is 0.770. The van der Waals surface area contributed by atoms with Gasteiger partial charge in [0.2, 0.25) is 0 Å². The molecule has 3 nitrogen and oxygen atoms in total. The molecule has 0 spiro atoms. The Balaban J connectivity index is 1.92. The number of aliphatic hydroxyl groups is 1. The summed E-state index contributed by atoms with van der Waals surface area (Å²) in [5.41, 5.74) is 0. The molecule has 2 saturated heterocycles. The van der Waals surface area contributed by atoms with Crippen molar-refractivity contribution in [2.75, 3.05) is 33.2 Å². The number of nitrogens with zero attached hydrogens (tertiary/aromatic N) is 2. The highest BCUT2D eigenvalue weighted by Gasteiger charge is 2.35. The van der Waals surface area contributed by atoms with Gasteiger partial charge in [-0.1, -0.05) is 6.92 Å². The van der Waals surface area contributed by atoms with E-state index in [9.17, 15) is 5.11 Å². The van der Waals surface area contributed by atoms with Gasteiger partial charge in [-0.3, -0.25) is 4.90 Å². The van der Waals surface area contributed by atoms with E-state index in [1.54, 1.807) is 0 Å². The summed E-state index contributed by atoms with van der Waals surface area (Å²) >= 11 is 0. The molecule has 2 atom stereocenters. The van der Waals surface area contributed by atoms with Crippen LogP contribution in [0.15, 0.2) is 0 Å². The fourth-order valence-corrected chi connectivity index (χ4v) is 3.36. The van der Waals surface area contributed by atoms with Crippen LogP contribution in [0.2, 0.25) is 0 Å². The summed E-state index contributed by atoms with van der Waals surface area (Å²) < 4.78 is 0. The Hall–Kier alpha value is -0.120. The predicted molar refractivity (Wildman–Crippen MR) is 66.2 cm³/mol. The summed E-state index contributed by atoms with van der Waals surface area (Å²) in [5, 5.41) is 10.4. The van der Waals surface area contributed by atoms with Crippen LogP contribution in [0.3, 0.4) is 0 Å². The first-order valence-corrected chi connectivity index (χ1v) is 6.83. The van der Waals surface area contributed by atoms with Crippen molar-refractivity contribution in [3.8, 4) is 0 Å². The van der Waals surface area contributed by atoms with E-state index in [1.807, 2.05) is 0 Å². The maximum Gasteiger partial charge on any atom is 0.110 e. The minimum absolute atomic E-state index is 0.174. The molecule has 2 aliphatic rings. The molecule has 0 aromatic carbocycles. The van der Waals surface area contributed by atoms with Crippen molar-refractivity contribution in [2.24, 2.45) is 11.8 Å². The van der Waals surface area contributed by atoms with Gasteiger partial charge in [0, 0.05) is 12.5 Å². The Morgan fingerprint density at radius 2 is 1.81 bits per heavy atom. The van der Waals surface area contributed by atoms with E-state index in [-0.39, 0.29) is 6.23 Å². The molecule has 2 rings (SSSR count). The Kier molecular flexibility index (Phi) is 4.22. The smallest absolute Gasteiger partial charge is 0.110 e. The van der Waals surface area contributed by atoms with E-state index < -0.39 is 0 Å². The second-order valence-electron chi connectivity index (χ2n) is 5.49. The second kappa shape index (κ2) is 5.48. The molecule has 2 aliphatic heterocycles. The van der Waals surface area contributed by atoms with Crippen molar-refractivity contribution in [2.45, 2.75) is 38.8 Å². The molecule has 16 heavy (non-hydrogen) atoms. The van der Waals surface area contributed by atoms with Crippen LogP contribution in [-0.2, 0) is 0 Å². The van der Waals surface area contributed by atoms with Gasteiger partial charge in [0.05, 0.1) is 0 Å². The number of aliphatic hydroxyl groups excluding tert-OH is 1. The highest BCUT2D eigenvalue weighted by molar-refractivity contribution is 4.84. The number of hydrogen-bond donors (Lipinski definition) is 1. The molecule has 0 amide bonds. The zero-order valence-corrected chi connectivity index (χ0v) is 10.7. The molecule has 0 saturated carbocycles. The molecule has 2 fully saturated rings. The van der Waals surface area contributed by atoms with E-state index in [4.69, 9.17) is 0 Å². The van der Waals surface area contributed by atoms with E-state index in [2.05, 4.69) is 23.8 Å². The first-order chi connectivity index (χ1) is 7.72. The van der Waals surface area contributed by atoms with Gasteiger partial charge in [0.15, 0.2) is 0 Å². The summed E-state index contributed by atoms with van der Waals surface area (Å²) in [6, 6.07) is 0. The molecule has 0 aromatic rings. The summed E-state index contributed by atoms with van der Waals surface area (Å²) in [6.45, 7) is 6.64. The first-order valence-electron chi connectivity index (χ1n) is 6.83. The van der Waals surface area contributed by atoms with Crippen LogP contribution in [0.25, 0.3) is 0 Å². The van der Waals surface area contributed by atoms with Crippen molar-refractivity contribution < 1.29 is 5.11 Å². The van der Waals surface area contributed by atoms with Crippen molar-refractivity contribution >= 4 is 0 Å². The van der Waals surface area contributed by atoms with Gasteiger partial charge < -0.3 is 10.0 Å². The monoisotopic (exact) mass is 226 g/mol. The van der Waals surface area contributed by atoms with Crippen molar-refractivity contribution in [1.82, 2.24) is 9.80 Å². The first kappa shape index (κ1) is 12.3. The maximum absolute atomic E-state index is 10.4. The van der Waals surface area contributed by atoms with Crippen molar-refractivity contribution in [1.29, 1.82) is 0 Å². The third-order valence-electron chi connectivity index (χ3n) is 4.51. The molecular formula is C13H26N2O. The number of rotatable bonds is 2. The SMILES string of the molecule is CCN1CCCC(C2CCN(C)CC2)C1O. The predicted octanol–water partition coefficient (Wildman–Crippen LogP) is 1.38. The molecule has 0 aliphatic carbocycles. The average Bonchev–Trinajstić information content (AvgIpc) is 2.31. The standard InChI is InChI=1S/C13H26N2O/c1-3-15-8-4-5-12(13(15)16)11-6-9-14(2)10-7-11/h11-13,16H,3-10H2,1-2H3. The van der Waals surface area contributed by atoms with Gasteiger partial charge in [-0.25, -0.2) is 0 Å². The Morgan fingerprint density at radius 3 is 2.44 bits per heavy atom. The Labute approximate surface area is 99.4 Å². The summed E-state index contributed by atoms with van der Waals surface area (Å²) in [7, 11) is 2.20. The largest absolute Gasteiger partial charge is 0.378 e. The van der Waals surface area contributed by atoms with Crippen molar-refractivity contribution in [3.05, 3.63) is 0 Å². The van der Waals surface area contributed by atoms with Crippen LogP contribution in [0.5, 0.6) is 0 Å². The van der Waals surface area contributed by atoms with Gasteiger partial charge in [-0.15, -0.1) is 0 Å². The Bertz CT molecular complexity index is 214. The number of piperidine rings is 2. The van der Waals surface area contributed by atoms with Crippen molar-refractivity contribution in [3.63, 3.8) is 0 Å². The molecule has 2 unspecified atom stereocenters. The van der Waals surface area contributed by atoms with E-state index in [1.165, 1.54) is 38.8 Å². The highest BCUT2D eigenvalue weighted by Crippen LogP contribution is 2.34. The van der Waals surface area contributed by atoms with E-state index in [0.29, 0.717) is 5.92 Å². The molecule has 0 aromatic heterocycles. The minimum Gasteiger partial charge on any atom is -0.378 e. The third kappa shape index (κ3) is 2.58. The number of likely N-dealkylation sites (tertiary alicyclic amines) is 2. The lowest BCUT2D eigenvalue weighted by atomic mass is 9.78. The fourth-order valence-electron chi connectivity index (χ4n) is 3.36. The molecule has 1 N–H and O–H groups in total. The third-order valence-corrected chi connectivity index (χ3v) is 4.51. The van der Waals surface area contributed by atoms with Gasteiger partial charge >= 0.3 is 0 Å². The highest BCUT2D eigenvalue weighted by atomic mass is 16.3. The average molecular weight is 226 g/mol. The zero-order valence-electron chi connectivity index (χ0n) is 10.7. The van der Waals surface area contributed by atoms with Gasteiger partial charge in [0.25, 0.3) is 0 Å². The lowest BCUT2D eigenvalue weighted by Crippen LogP contribution is -2.49. The van der Waals surface area contributed by atoms with Gasteiger partial charge in [-0.05, 0) is 58.3 Å². The summed E-state index contributed by atoms with van der Waals surface area (Å²) in [4.78, 5) is 4.65. The lowest BCUT2D eigenvalue weighted by molar-refractivity contribution is -0.0886. The van der Waals surface area contributed by atoms with Crippen LogP contribution in [0.1, 0.15) is 32.6 Å². The topological polar surface area (TPSA) is 26.7 Å². The zero-order chi connectivity index (χ0) is 11.5. The van der Waals surface area contributed by atoms with Crippen LogP contribution in [-0.4, -0.2) is 54.4 Å². The summed E-state index contributed by atoms with van der Waals surface area (Å²) in [5.74, 6) is 1.28. The minimum atomic E-state index is -0.174. The molecular weight excluding hydrogens is 200 g/mol. The second-order valence-corrected chi connectivity index (χ2v) is 5.49. The molecule has 0 bridgehead atoms. The number of hydrogen-bond acceptors (Lipinski definition) is 3. The molecule has 94 valence electrons. The molecule has 2 heterocycles. The Morgan fingerprint density at radius 1 is 1.12 bits per heavy atom. The van der Waals surface area contributed by atoms with Crippen LogP contribution < -0.4 is 0 Å². The normalized spacial score (nSPS) is 35.4. The van der Waals surface area contributed by atoms with Crippen LogP contribution in [0, 0.1) is 11.8 Å². The fraction of sp³-hybridized carbons (Fsp3) is 1.00. The van der Waals surface area contributed by atoms with Crippen LogP contribution >= 0.6 is 0 Å². The molecule has 0 radical (unpaired) electrons. The van der Waals surface area contributed by atoms with E-state index >= 15 is 0 Å². The summed E-state index contributed by atoms with van der Waals surface area (Å²) in [6.07, 6.45) is 4.87. The van der Waals surface area contributed by atoms with Gasteiger partial charge in [0.1, 0.15) is 6.23 Å².